The third kappa shape index (κ3) is 2.45. The third-order valence-electron chi connectivity index (χ3n) is 6.20. The number of rotatable bonds is 2. The Bertz CT molecular complexity index is 629. The summed E-state index contributed by atoms with van der Waals surface area (Å²) in [5.74, 6) is -0.871. The van der Waals surface area contributed by atoms with Crippen molar-refractivity contribution >= 4 is 10.0 Å². The maximum Gasteiger partial charge on any atom is 0.210 e. The van der Waals surface area contributed by atoms with Crippen molar-refractivity contribution in [3.8, 4) is 0 Å². The molecule has 0 unspecified atom stereocenters. The maximum absolute atomic E-state index is 11.7. The first kappa shape index (κ1) is 17.1. The van der Waals surface area contributed by atoms with Crippen molar-refractivity contribution in [1.82, 2.24) is 4.72 Å². The molecular formula is C15H26N2O6S. The van der Waals surface area contributed by atoms with Crippen LogP contribution in [0.2, 0.25) is 0 Å². The Morgan fingerprint density at radius 2 is 1.92 bits per heavy atom. The smallest absolute Gasteiger partial charge is 0.210 e. The Morgan fingerprint density at radius 3 is 2.62 bits per heavy atom. The molecule has 5 fully saturated rings. The molecule has 8 nitrogen and oxygen atoms in total. The minimum Gasteiger partial charge on any atom is -0.330 e. The van der Waals surface area contributed by atoms with Gasteiger partial charge in [0.05, 0.1) is 6.26 Å². The van der Waals surface area contributed by atoms with Crippen molar-refractivity contribution in [1.29, 1.82) is 0 Å². The van der Waals surface area contributed by atoms with E-state index < -0.39 is 33.9 Å². The lowest BCUT2D eigenvalue weighted by Gasteiger charge is -2.60. The molecule has 0 amide bonds. The lowest BCUT2D eigenvalue weighted by Crippen LogP contribution is -2.73. The van der Waals surface area contributed by atoms with E-state index in [-0.39, 0.29) is 23.8 Å². The minimum atomic E-state index is -3.40. The summed E-state index contributed by atoms with van der Waals surface area (Å²) >= 11 is 0. The van der Waals surface area contributed by atoms with Gasteiger partial charge in [0.2, 0.25) is 15.8 Å². The van der Waals surface area contributed by atoms with E-state index in [0.29, 0.717) is 6.42 Å². The van der Waals surface area contributed by atoms with Crippen LogP contribution in [0.3, 0.4) is 0 Å². The molecule has 1 saturated carbocycles. The van der Waals surface area contributed by atoms with Gasteiger partial charge in [-0.25, -0.2) is 18.2 Å². The molecule has 24 heavy (non-hydrogen) atoms. The quantitative estimate of drug-likeness (QED) is 0.686. The van der Waals surface area contributed by atoms with E-state index in [2.05, 4.69) is 4.72 Å². The molecule has 4 heterocycles. The van der Waals surface area contributed by atoms with Crippen LogP contribution >= 0.6 is 0 Å². The predicted octanol–water partition coefficient (Wildman–Crippen LogP) is 0.435. The zero-order valence-electron chi connectivity index (χ0n) is 14.2. The molecular weight excluding hydrogens is 336 g/mol. The number of nitrogens with two attached hydrogens (primary N) is 1. The second-order valence-corrected chi connectivity index (χ2v) is 9.68. The number of nitrogens with one attached hydrogen (secondary N) is 1. The highest BCUT2D eigenvalue weighted by Crippen LogP contribution is 2.58. The van der Waals surface area contributed by atoms with Gasteiger partial charge in [-0.15, -0.1) is 0 Å². The molecule has 8 atom stereocenters. The van der Waals surface area contributed by atoms with Crippen LogP contribution in [-0.4, -0.2) is 44.6 Å². The fourth-order valence-electron chi connectivity index (χ4n) is 5.00. The second-order valence-electron chi connectivity index (χ2n) is 7.90. The summed E-state index contributed by atoms with van der Waals surface area (Å²) in [7, 11) is -3.40. The topological polar surface area (TPSA) is 109 Å². The van der Waals surface area contributed by atoms with E-state index in [0.717, 1.165) is 25.5 Å². The summed E-state index contributed by atoms with van der Waals surface area (Å²) in [6, 6.07) is -0.00776. The maximum atomic E-state index is 11.7. The van der Waals surface area contributed by atoms with E-state index in [9.17, 15) is 8.42 Å². The number of ether oxygens (including phenoxy) is 2. The molecule has 5 aliphatic rings. The summed E-state index contributed by atoms with van der Waals surface area (Å²) in [6.07, 6.45) is 2.99. The summed E-state index contributed by atoms with van der Waals surface area (Å²) < 4.78 is 38.2. The molecule has 138 valence electrons. The van der Waals surface area contributed by atoms with E-state index >= 15 is 0 Å². The molecule has 3 N–H and O–H groups in total. The van der Waals surface area contributed by atoms with Crippen LogP contribution in [0.25, 0.3) is 0 Å². The monoisotopic (exact) mass is 362 g/mol. The Morgan fingerprint density at radius 1 is 1.17 bits per heavy atom. The number of fused-ring (bicyclic) bond motifs is 2. The van der Waals surface area contributed by atoms with Gasteiger partial charge in [-0.3, -0.25) is 0 Å². The highest BCUT2D eigenvalue weighted by atomic mass is 32.2. The Balaban J connectivity index is 1.75. The van der Waals surface area contributed by atoms with Crippen molar-refractivity contribution in [3.63, 3.8) is 0 Å². The molecule has 0 aromatic rings. The van der Waals surface area contributed by atoms with Gasteiger partial charge < -0.3 is 15.2 Å². The minimum absolute atomic E-state index is 0.00776. The first-order chi connectivity index (χ1) is 11.1. The number of sulfonamides is 1. The standard InChI is InChI=1S/C15H26N2O6S/c1-8-9-4-5-11(16)10-6-7-14(2)21-13(15(9,10)23-22-14)20-12(8)17-24(3,18)19/h8-13,17H,4-7,16H2,1-3H3/t8-,9+,10+,11-,12-,13-,14-,15+/m1/s1. The Kier molecular flexibility index (Phi) is 3.82. The summed E-state index contributed by atoms with van der Waals surface area (Å²) in [4.78, 5) is 11.6. The fourth-order valence-corrected chi connectivity index (χ4v) is 5.69. The van der Waals surface area contributed by atoms with Gasteiger partial charge in [0, 0.05) is 30.2 Å². The summed E-state index contributed by atoms with van der Waals surface area (Å²) in [5.41, 5.74) is 5.63. The molecule has 0 radical (unpaired) electrons. The summed E-state index contributed by atoms with van der Waals surface area (Å²) in [5, 5.41) is 0. The normalized spacial score (nSPS) is 54.2. The summed E-state index contributed by atoms with van der Waals surface area (Å²) in [6.45, 7) is 3.80. The number of hydrogen-bond acceptors (Lipinski definition) is 7. The van der Waals surface area contributed by atoms with E-state index in [1.165, 1.54) is 0 Å². The zero-order chi connectivity index (χ0) is 17.3. The van der Waals surface area contributed by atoms with Crippen LogP contribution in [-0.2, 0) is 29.3 Å². The first-order valence-corrected chi connectivity index (χ1v) is 10.5. The Labute approximate surface area is 142 Å². The van der Waals surface area contributed by atoms with Crippen LogP contribution in [0, 0.1) is 17.8 Å². The molecule has 2 bridgehead atoms. The molecule has 5 rings (SSSR count). The third-order valence-corrected chi connectivity index (χ3v) is 6.86. The Hall–Kier alpha value is -0.290. The van der Waals surface area contributed by atoms with Gasteiger partial charge in [-0.1, -0.05) is 6.92 Å². The molecule has 9 heteroatoms. The van der Waals surface area contributed by atoms with Gasteiger partial charge in [0.1, 0.15) is 6.23 Å². The van der Waals surface area contributed by atoms with Crippen LogP contribution in [0.1, 0.15) is 39.5 Å². The van der Waals surface area contributed by atoms with E-state index in [1.54, 1.807) is 0 Å². The second kappa shape index (κ2) is 5.35. The molecule has 0 aromatic heterocycles. The number of hydrogen-bond donors (Lipinski definition) is 2. The highest BCUT2D eigenvalue weighted by Gasteiger charge is 2.69. The predicted molar refractivity (Wildman–Crippen MR) is 83.6 cm³/mol. The molecule has 4 saturated heterocycles. The van der Waals surface area contributed by atoms with E-state index in [1.807, 2.05) is 13.8 Å². The SMILES string of the molecule is C[C@H]1[C@H](NS(C)(=O)=O)O[C@@H]2O[C@@]3(C)CC[C@H]4[C@H](N)CC[C@@H]1[C@@]24OO3. The first-order valence-electron chi connectivity index (χ1n) is 8.58. The molecule has 1 spiro atoms. The van der Waals surface area contributed by atoms with Crippen molar-refractivity contribution in [3.05, 3.63) is 0 Å². The highest BCUT2D eigenvalue weighted by molar-refractivity contribution is 7.88. The van der Waals surface area contributed by atoms with Crippen LogP contribution in [0.15, 0.2) is 0 Å². The van der Waals surface area contributed by atoms with Gasteiger partial charge >= 0.3 is 0 Å². The van der Waals surface area contributed by atoms with Gasteiger partial charge in [-0.05, 0) is 26.2 Å². The van der Waals surface area contributed by atoms with Crippen molar-refractivity contribution in [2.45, 2.75) is 69.5 Å². The van der Waals surface area contributed by atoms with Crippen LogP contribution in [0.5, 0.6) is 0 Å². The molecule has 4 aliphatic heterocycles. The van der Waals surface area contributed by atoms with Crippen LogP contribution < -0.4 is 10.5 Å². The fraction of sp³-hybridized carbons (Fsp3) is 1.00. The van der Waals surface area contributed by atoms with Crippen LogP contribution in [0.4, 0.5) is 0 Å². The largest absolute Gasteiger partial charge is 0.330 e. The van der Waals surface area contributed by atoms with Gasteiger partial charge in [0.15, 0.2) is 11.9 Å². The van der Waals surface area contributed by atoms with Crippen molar-refractivity contribution in [2.24, 2.45) is 23.5 Å². The molecule has 1 aliphatic carbocycles. The van der Waals surface area contributed by atoms with Crippen molar-refractivity contribution < 1.29 is 27.7 Å². The lowest BCUT2D eigenvalue weighted by molar-refractivity contribution is -0.570. The van der Waals surface area contributed by atoms with E-state index in [4.69, 9.17) is 25.0 Å². The van der Waals surface area contributed by atoms with Gasteiger partial charge in [-0.2, -0.15) is 4.72 Å². The average Bonchev–Trinajstić information content (AvgIpc) is 2.69. The lowest BCUT2D eigenvalue weighted by atomic mass is 9.59. The average molecular weight is 362 g/mol. The van der Waals surface area contributed by atoms with Crippen molar-refractivity contribution in [2.75, 3.05) is 6.26 Å². The zero-order valence-corrected chi connectivity index (χ0v) is 15.0. The van der Waals surface area contributed by atoms with Gasteiger partial charge in [0.25, 0.3) is 0 Å². The molecule has 0 aromatic carbocycles.